The zero-order valence-electron chi connectivity index (χ0n) is 13.2. The molecule has 0 aliphatic carbocycles. The number of carbonyl (C=O) groups is 1. The summed E-state index contributed by atoms with van der Waals surface area (Å²) in [5.74, 6) is 0.706. The normalized spacial score (nSPS) is 10.0. The summed E-state index contributed by atoms with van der Waals surface area (Å²) in [6.45, 7) is 0.219. The monoisotopic (exact) mass is 330 g/mol. The van der Waals surface area contributed by atoms with Crippen molar-refractivity contribution in [2.75, 3.05) is 19.0 Å². The van der Waals surface area contributed by atoms with Crippen LogP contribution in [0.3, 0.4) is 0 Å². The summed E-state index contributed by atoms with van der Waals surface area (Å²) in [6, 6.07) is 13.2. The molecular formula is C17H18N2O5. The molecule has 2 aromatic rings. The first-order valence-electron chi connectivity index (χ1n) is 7.40. The van der Waals surface area contributed by atoms with E-state index in [1.807, 2.05) is 0 Å². The van der Waals surface area contributed by atoms with Crippen molar-refractivity contribution in [1.82, 2.24) is 0 Å². The Labute approximate surface area is 139 Å². The van der Waals surface area contributed by atoms with Crippen molar-refractivity contribution in [3.63, 3.8) is 0 Å². The fourth-order valence-electron chi connectivity index (χ4n) is 2.07. The second-order valence-corrected chi connectivity index (χ2v) is 4.96. The second kappa shape index (κ2) is 8.52. The van der Waals surface area contributed by atoms with Crippen LogP contribution in [-0.4, -0.2) is 24.5 Å². The Morgan fingerprint density at radius 1 is 1.21 bits per heavy atom. The van der Waals surface area contributed by atoms with E-state index in [2.05, 4.69) is 5.32 Å². The number of hydrogen-bond donors (Lipinski definition) is 1. The van der Waals surface area contributed by atoms with Crippen LogP contribution >= 0.6 is 0 Å². The smallest absolute Gasteiger partial charge is 0.310 e. The van der Waals surface area contributed by atoms with Crippen molar-refractivity contribution in [2.24, 2.45) is 0 Å². The molecule has 0 aliphatic heterocycles. The van der Waals surface area contributed by atoms with Crippen LogP contribution in [0.1, 0.15) is 12.8 Å². The molecule has 126 valence electrons. The average Bonchev–Trinajstić information content (AvgIpc) is 2.59. The number of hydrogen-bond acceptors (Lipinski definition) is 5. The number of carbonyl (C=O) groups excluding carboxylic acids is 1. The number of nitro benzene ring substituents is 1. The van der Waals surface area contributed by atoms with Gasteiger partial charge in [0.1, 0.15) is 5.75 Å². The highest BCUT2D eigenvalue weighted by atomic mass is 16.6. The minimum atomic E-state index is -0.495. The number of benzene rings is 2. The summed E-state index contributed by atoms with van der Waals surface area (Å²) in [5.41, 5.74) is 0.567. The molecule has 7 nitrogen and oxygen atoms in total. The molecule has 2 aromatic carbocycles. The Kier molecular flexibility index (Phi) is 6.13. The van der Waals surface area contributed by atoms with E-state index in [4.69, 9.17) is 9.47 Å². The maximum atomic E-state index is 11.9. The molecule has 0 radical (unpaired) electrons. The largest absolute Gasteiger partial charge is 0.497 e. The van der Waals surface area contributed by atoms with Gasteiger partial charge in [0.15, 0.2) is 5.75 Å². The lowest BCUT2D eigenvalue weighted by atomic mass is 10.2. The van der Waals surface area contributed by atoms with Crippen molar-refractivity contribution in [1.29, 1.82) is 0 Å². The van der Waals surface area contributed by atoms with Crippen LogP contribution in [0.2, 0.25) is 0 Å². The predicted molar refractivity (Wildman–Crippen MR) is 89.4 cm³/mol. The first-order valence-corrected chi connectivity index (χ1v) is 7.40. The molecule has 2 rings (SSSR count). The van der Waals surface area contributed by atoms with Gasteiger partial charge in [0.2, 0.25) is 5.91 Å². The van der Waals surface area contributed by atoms with E-state index < -0.39 is 4.92 Å². The Morgan fingerprint density at radius 2 is 2.00 bits per heavy atom. The molecule has 0 aromatic heterocycles. The maximum absolute atomic E-state index is 11.9. The van der Waals surface area contributed by atoms with Gasteiger partial charge in [-0.1, -0.05) is 18.2 Å². The molecular weight excluding hydrogens is 312 g/mol. The van der Waals surface area contributed by atoms with Crippen LogP contribution in [0.5, 0.6) is 11.5 Å². The number of ether oxygens (including phenoxy) is 2. The highest BCUT2D eigenvalue weighted by Crippen LogP contribution is 2.25. The molecule has 0 saturated carbocycles. The first kappa shape index (κ1) is 17.3. The van der Waals surface area contributed by atoms with Crippen molar-refractivity contribution in [3.8, 4) is 11.5 Å². The molecule has 0 saturated heterocycles. The Hall–Kier alpha value is -3.09. The SMILES string of the molecule is COc1cccc(NC(=O)CCCOc2ccccc2[N+](=O)[O-])c1. The summed E-state index contributed by atoms with van der Waals surface area (Å²) in [4.78, 5) is 22.3. The van der Waals surface area contributed by atoms with E-state index in [-0.39, 0.29) is 30.4 Å². The van der Waals surface area contributed by atoms with Crippen LogP contribution in [0.25, 0.3) is 0 Å². The van der Waals surface area contributed by atoms with Crippen molar-refractivity contribution in [2.45, 2.75) is 12.8 Å². The predicted octanol–water partition coefficient (Wildman–Crippen LogP) is 3.40. The Bertz CT molecular complexity index is 718. The minimum absolute atomic E-state index is 0.0849. The van der Waals surface area contributed by atoms with Crippen LogP contribution in [-0.2, 0) is 4.79 Å². The number of nitro groups is 1. The highest BCUT2D eigenvalue weighted by Gasteiger charge is 2.13. The first-order chi connectivity index (χ1) is 11.6. The van der Waals surface area contributed by atoms with Gasteiger partial charge in [0, 0.05) is 24.2 Å². The van der Waals surface area contributed by atoms with Gasteiger partial charge < -0.3 is 14.8 Å². The summed E-state index contributed by atoms with van der Waals surface area (Å²) in [5, 5.41) is 13.6. The molecule has 0 atom stereocenters. The van der Waals surface area contributed by atoms with Crippen LogP contribution in [0.4, 0.5) is 11.4 Å². The van der Waals surface area contributed by atoms with Gasteiger partial charge in [-0.3, -0.25) is 14.9 Å². The summed E-state index contributed by atoms with van der Waals surface area (Å²) < 4.78 is 10.5. The van der Waals surface area contributed by atoms with Gasteiger partial charge in [0.25, 0.3) is 0 Å². The van der Waals surface area contributed by atoms with Gasteiger partial charge in [-0.15, -0.1) is 0 Å². The number of nitrogens with one attached hydrogen (secondary N) is 1. The van der Waals surface area contributed by atoms with E-state index in [1.54, 1.807) is 43.5 Å². The number of nitrogens with zero attached hydrogens (tertiary/aromatic N) is 1. The Balaban J connectivity index is 1.78. The number of methoxy groups -OCH3 is 1. The molecule has 1 N–H and O–H groups in total. The van der Waals surface area contributed by atoms with Gasteiger partial charge in [-0.25, -0.2) is 0 Å². The topological polar surface area (TPSA) is 90.7 Å². The van der Waals surface area contributed by atoms with E-state index in [0.29, 0.717) is 17.9 Å². The lowest BCUT2D eigenvalue weighted by Crippen LogP contribution is -2.13. The number of rotatable bonds is 8. The molecule has 0 bridgehead atoms. The fourth-order valence-corrected chi connectivity index (χ4v) is 2.07. The van der Waals surface area contributed by atoms with Crippen molar-refractivity contribution in [3.05, 3.63) is 58.6 Å². The maximum Gasteiger partial charge on any atom is 0.310 e. The van der Waals surface area contributed by atoms with Crippen molar-refractivity contribution < 1.29 is 19.2 Å². The third kappa shape index (κ3) is 4.98. The van der Waals surface area contributed by atoms with Gasteiger partial charge in [-0.2, -0.15) is 0 Å². The number of para-hydroxylation sites is 2. The third-order valence-corrected chi connectivity index (χ3v) is 3.22. The van der Waals surface area contributed by atoms with Crippen LogP contribution in [0.15, 0.2) is 48.5 Å². The molecule has 0 fully saturated rings. The zero-order chi connectivity index (χ0) is 17.4. The van der Waals surface area contributed by atoms with Crippen LogP contribution in [0, 0.1) is 10.1 Å². The fraction of sp³-hybridized carbons (Fsp3) is 0.235. The van der Waals surface area contributed by atoms with E-state index in [9.17, 15) is 14.9 Å². The van der Waals surface area contributed by atoms with Gasteiger partial charge >= 0.3 is 5.69 Å². The number of anilines is 1. The summed E-state index contributed by atoms with van der Waals surface area (Å²) in [7, 11) is 1.56. The van der Waals surface area contributed by atoms with E-state index >= 15 is 0 Å². The van der Waals surface area contributed by atoms with Crippen molar-refractivity contribution >= 4 is 17.3 Å². The molecule has 7 heteroatoms. The van der Waals surface area contributed by atoms with Gasteiger partial charge in [-0.05, 0) is 24.6 Å². The molecule has 0 heterocycles. The van der Waals surface area contributed by atoms with Gasteiger partial charge in [0.05, 0.1) is 18.6 Å². The van der Waals surface area contributed by atoms with E-state index in [0.717, 1.165) is 0 Å². The quantitative estimate of drug-likeness (QED) is 0.455. The lowest BCUT2D eigenvalue weighted by Gasteiger charge is -2.08. The molecule has 1 amide bonds. The molecule has 24 heavy (non-hydrogen) atoms. The molecule has 0 aliphatic rings. The molecule has 0 unspecified atom stereocenters. The summed E-state index contributed by atoms with van der Waals surface area (Å²) in [6.07, 6.45) is 0.694. The summed E-state index contributed by atoms with van der Waals surface area (Å²) >= 11 is 0. The van der Waals surface area contributed by atoms with E-state index in [1.165, 1.54) is 12.1 Å². The minimum Gasteiger partial charge on any atom is -0.497 e. The number of amides is 1. The average molecular weight is 330 g/mol. The molecule has 0 spiro atoms. The third-order valence-electron chi connectivity index (χ3n) is 3.22. The van der Waals surface area contributed by atoms with Crippen LogP contribution < -0.4 is 14.8 Å². The lowest BCUT2D eigenvalue weighted by molar-refractivity contribution is -0.385. The second-order valence-electron chi connectivity index (χ2n) is 4.96. The Morgan fingerprint density at radius 3 is 2.75 bits per heavy atom. The zero-order valence-corrected chi connectivity index (χ0v) is 13.2. The standard InChI is InChI=1S/C17H18N2O5/c1-23-14-7-4-6-13(12-14)18-17(20)10-5-11-24-16-9-3-2-8-15(16)19(21)22/h2-4,6-9,12H,5,10-11H2,1H3,(H,18,20). The highest BCUT2D eigenvalue weighted by molar-refractivity contribution is 5.90.